The first kappa shape index (κ1) is 23.8. The zero-order valence-corrected chi connectivity index (χ0v) is 20.3. The van der Waals surface area contributed by atoms with E-state index in [1.807, 2.05) is 61.5 Å². The molecule has 0 aliphatic carbocycles. The van der Waals surface area contributed by atoms with Crippen LogP contribution < -0.4 is 0 Å². The first-order valence-corrected chi connectivity index (χ1v) is 13.6. The van der Waals surface area contributed by atoms with Crippen LogP contribution in [0.2, 0.25) is 0 Å². The van der Waals surface area contributed by atoms with Gasteiger partial charge >= 0.3 is 0 Å². The summed E-state index contributed by atoms with van der Waals surface area (Å²) in [6.07, 6.45) is 4.07. The molecule has 2 amide bonds. The summed E-state index contributed by atoms with van der Waals surface area (Å²) >= 11 is 0. The molecule has 0 spiro atoms. The van der Waals surface area contributed by atoms with E-state index in [2.05, 4.69) is 0 Å². The fourth-order valence-corrected chi connectivity index (χ4v) is 8.85. The van der Waals surface area contributed by atoms with E-state index in [0.717, 1.165) is 11.1 Å². The minimum absolute atomic E-state index is 0.0114. The normalized spacial score (nSPS) is 17.1. The average Bonchev–Trinajstić information content (AvgIpc) is 2.85. The van der Waals surface area contributed by atoms with Gasteiger partial charge in [-0.1, -0.05) is 48.5 Å². The summed E-state index contributed by atoms with van der Waals surface area (Å²) in [5.41, 5.74) is 1.64. The lowest BCUT2D eigenvalue weighted by molar-refractivity contribution is -0.136. The molecule has 0 unspecified atom stereocenters. The highest BCUT2D eigenvalue weighted by Crippen LogP contribution is 2.49. The molecule has 2 aliphatic heterocycles. The molecule has 7 nitrogen and oxygen atoms in total. The second kappa shape index (κ2) is 9.46. The van der Waals surface area contributed by atoms with Gasteiger partial charge in [0.1, 0.15) is 18.8 Å². The van der Waals surface area contributed by atoms with Crippen molar-refractivity contribution in [2.45, 2.75) is 24.5 Å². The van der Waals surface area contributed by atoms with Gasteiger partial charge in [0.2, 0.25) is 16.9 Å². The number of amides is 2. The number of benzene rings is 2. The van der Waals surface area contributed by atoms with Crippen LogP contribution in [0, 0.1) is 6.92 Å². The Bertz CT molecular complexity index is 1200. The largest absolute Gasteiger partial charge is 0.465 e. The van der Waals surface area contributed by atoms with E-state index in [0.29, 0.717) is 31.1 Å². The smallest absolute Gasteiger partial charge is 0.234 e. The summed E-state index contributed by atoms with van der Waals surface area (Å²) in [6, 6.07) is 16.9. The number of ether oxygens (including phenoxy) is 2. The quantitative estimate of drug-likeness (QED) is 0.631. The minimum atomic E-state index is -4.18. The highest BCUT2D eigenvalue weighted by Gasteiger charge is 2.49. The zero-order valence-electron chi connectivity index (χ0n) is 19.5. The van der Waals surface area contributed by atoms with Crippen LogP contribution in [0.15, 0.2) is 83.4 Å². The lowest BCUT2D eigenvalue weighted by Crippen LogP contribution is -2.54. The van der Waals surface area contributed by atoms with Crippen molar-refractivity contribution in [3.63, 3.8) is 0 Å². The van der Waals surface area contributed by atoms with E-state index in [4.69, 9.17) is 9.47 Å². The van der Waals surface area contributed by atoms with Crippen LogP contribution in [0.3, 0.4) is 0 Å². The molecule has 1 saturated heterocycles. The molecule has 2 aliphatic rings. The van der Waals surface area contributed by atoms with E-state index < -0.39 is 9.07 Å². The second-order valence-electron chi connectivity index (χ2n) is 8.68. The second-order valence-corrected chi connectivity index (χ2v) is 12.7. The van der Waals surface area contributed by atoms with Crippen LogP contribution in [-0.2, 0) is 33.9 Å². The van der Waals surface area contributed by atoms with Crippen molar-refractivity contribution < 1.29 is 23.3 Å². The summed E-state index contributed by atoms with van der Waals surface area (Å²) in [7, 11) is -4.18. The van der Waals surface area contributed by atoms with Gasteiger partial charge < -0.3 is 19.3 Å². The topological polar surface area (TPSA) is 76.2 Å². The Labute approximate surface area is 200 Å². The van der Waals surface area contributed by atoms with Crippen molar-refractivity contribution in [1.82, 2.24) is 9.80 Å². The highest BCUT2D eigenvalue weighted by atomic mass is 32.3. The molecule has 1 fully saturated rings. The van der Waals surface area contributed by atoms with Gasteiger partial charge in [0, 0.05) is 43.8 Å². The number of rotatable bonds is 6. The maximum atomic E-state index is 15.7. The molecule has 180 valence electrons. The minimum Gasteiger partial charge on any atom is -0.465 e. The lowest BCUT2D eigenvalue weighted by Gasteiger charge is -2.45. The van der Waals surface area contributed by atoms with E-state index in [-0.39, 0.29) is 28.4 Å². The van der Waals surface area contributed by atoms with Gasteiger partial charge in [0.15, 0.2) is 0 Å². The van der Waals surface area contributed by atoms with E-state index >= 15 is 4.21 Å². The summed E-state index contributed by atoms with van der Waals surface area (Å²) in [6.45, 7) is 5.14. The first-order chi connectivity index (χ1) is 16.3. The Kier molecular flexibility index (Phi) is 6.61. The van der Waals surface area contributed by atoms with Crippen LogP contribution in [0.4, 0.5) is 0 Å². The fraction of sp³-hybridized carbons (Fsp3) is 0.308. The van der Waals surface area contributed by atoms with E-state index in [9.17, 15) is 9.59 Å². The van der Waals surface area contributed by atoms with Gasteiger partial charge in [-0.15, -0.1) is 0 Å². The standard InChI is InChI=1S/C26H30N2O5S/c1-21-8-6-7-11-24(21)34(31,26-18-32-16-17-33-26,19-23-9-4-3-5-10-23)20-25(30)28-14-12-27(13-15-28)22(2)29/h3-11,16-18H,12-15,19-20H2,1-2H3. The van der Waals surface area contributed by atoms with Crippen molar-refractivity contribution in [3.8, 4) is 0 Å². The number of hydrogen-bond donors (Lipinski definition) is 0. The maximum absolute atomic E-state index is 15.7. The van der Waals surface area contributed by atoms with Crippen LogP contribution in [0.5, 0.6) is 0 Å². The van der Waals surface area contributed by atoms with Gasteiger partial charge in [0.25, 0.3) is 0 Å². The number of hydrogen-bond acceptors (Lipinski definition) is 5. The van der Waals surface area contributed by atoms with E-state index in [1.54, 1.807) is 9.80 Å². The molecule has 0 N–H and O–H groups in total. The van der Waals surface area contributed by atoms with Crippen LogP contribution in [-0.4, -0.2) is 57.8 Å². The number of piperazine rings is 1. The van der Waals surface area contributed by atoms with Crippen molar-refractivity contribution in [3.05, 3.63) is 89.6 Å². The maximum Gasteiger partial charge on any atom is 0.234 e. The predicted octanol–water partition coefficient (Wildman–Crippen LogP) is 3.38. The van der Waals surface area contributed by atoms with Gasteiger partial charge in [0.05, 0.1) is 5.75 Å². The third-order valence-corrected chi connectivity index (χ3v) is 10.8. The molecule has 2 aromatic rings. The summed E-state index contributed by atoms with van der Waals surface area (Å²) < 4.78 is 27.0. The zero-order chi connectivity index (χ0) is 24.2. The Morgan fingerprint density at radius 1 is 0.912 bits per heavy atom. The van der Waals surface area contributed by atoms with Crippen LogP contribution in [0.1, 0.15) is 18.1 Å². The Morgan fingerprint density at radius 2 is 1.56 bits per heavy atom. The molecule has 0 aromatic heterocycles. The molecular weight excluding hydrogens is 452 g/mol. The van der Waals surface area contributed by atoms with Crippen LogP contribution >= 0.6 is 0 Å². The molecule has 0 atom stereocenters. The Balaban J connectivity index is 1.81. The SMILES string of the molecule is CC(=O)N1CCN(C(=O)CS(=O)(Cc2ccccc2)(C2=COC=CO2)c2ccccc2C)CC1. The van der Waals surface area contributed by atoms with Gasteiger partial charge in [-0.05, 0) is 33.2 Å². The summed E-state index contributed by atoms with van der Waals surface area (Å²) in [5, 5.41) is 0.147. The fourth-order valence-electron chi connectivity index (χ4n) is 4.57. The molecule has 2 aromatic carbocycles. The number of carbonyl (C=O) groups excluding carboxylic acids is 2. The van der Waals surface area contributed by atoms with Crippen molar-refractivity contribution in [2.75, 3.05) is 31.9 Å². The molecule has 8 heteroatoms. The Hall–Kier alpha value is -3.39. The van der Waals surface area contributed by atoms with Gasteiger partial charge in [-0.2, -0.15) is 0 Å². The number of carbonyl (C=O) groups is 2. The summed E-state index contributed by atoms with van der Waals surface area (Å²) in [4.78, 5) is 29.4. The average molecular weight is 483 g/mol. The molecule has 34 heavy (non-hydrogen) atoms. The molecule has 0 bridgehead atoms. The lowest BCUT2D eigenvalue weighted by atomic mass is 10.2. The molecule has 0 radical (unpaired) electrons. The third-order valence-electron chi connectivity index (χ3n) is 6.38. The van der Waals surface area contributed by atoms with Crippen LogP contribution in [0.25, 0.3) is 0 Å². The molecule has 0 saturated carbocycles. The number of aryl methyl sites for hydroxylation is 1. The Morgan fingerprint density at radius 3 is 2.18 bits per heavy atom. The third kappa shape index (κ3) is 4.50. The van der Waals surface area contributed by atoms with Crippen molar-refractivity contribution >= 4 is 20.9 Å². The highest BCUT2D eigenvalue weighted by molar-refractivity contribution is 8.22. The monoisotopic (exact) mass is 482 g/mol. The van der Waals surface area contributed by atoms with E-state index in [1.165, 1.54) is 25.7 Å². The van der Waals surface area contributed by atoms with Crippen molar-refractivity contribution in [1.29, 1.82) is 0 Å². The number of nitrogens with zero attached hydrogens (tertiary/aromatic N) is 2. The molecule has 4 rings (SSSR count). The first-order valence-electron chi connectivity index (χ1n) is 11.3. The van der Waals surface area contributed by atoms with Crippen molar-refractivity contribution in [2.24, 2.45) is 0 Å². The summed E-state index contributed by atoms with van der Waals surface area (Å²) in [5.74, 6) is -0.397. The molecular formula is C26H30N2O5S. The predicted molar refractivity (Wildman–Crippen MR) is 131 cm³/mol. The van der Waals surface area contributed by atoms with Gasteiger partial charge in [-0.25, -0.2) is 0 Å². The molecule has 2 heterocycles. The van der Waals surface area contributed by atoms with Gasteiger partial charge in [-0.3, -0.25) is 13.8 Å².